The molecule has 2 amide bonds. The van der Waals surface area contributed by atoms with Crippen LogP contribution in [0.1, 0.15) is 5.69 Å². The summed E-state index contributed by atoms with van der Waals surface area (Å²) < 4.78 is 10.1. The highest BCUT2D eigenvalue weighted by Crippen LogP contribution is 2.22. The SMILES string of the molecule is COCCNC(=O)NCCc1cc(-c2ccc(Cl)cc2)on1. The maximum absolute atomic E-state index is 11.4. The van der Waals surface area contributed by atoms with Gasteiger partial charge in [0, 0.05) is 43.3 Å². The van der Waals surface area contributed by atoms with E-state index in [1.54, 1.807) is 19.2 Å². The Bertz CT molecular complexity index is 598. The topological polar surface area (TPSA) is 76.4 Å². The van der Waals surface area contributed by atoms with Crippen LogP contribution in [0.15, 0.2) is 34.9 Å². The second-order valence-electron chi connectivity index (χ2n) is 4.61. The Morgan fingerprint density at radius 2 is 2.00 bits per heavy atom. The molecule has 6 nitrogen and oxygen atoms in total. The van der Waals surface area contributed by atoms with Gasteiger partial charge >= 0.3 is 6.03 Å². The Balaban J connectivity index is 1.78. The van der Waals surface area contributed by atoms with E-state index in [1.807, 2.05) is 18.2 Å². The number of methoxy groups -OCH3 is 1. The van der Waals surface area contributed by atoms with Crippen molar-refractivity contribution < 1.29 is 14.1 Å². The fourth-order valence-electron chi connectivity index (χ4n) is 1.81. The summed E-state index contributed by atoms with van der Waals surface area (Å²) >= 11 is 5.85. The number of nitrogens with one attached hydrogen (secondary N) is 2. The average Bonchev–Trinajstić information content (AvgIpc) is 2.97. The second-order valence-corrected chi connectivity index (χ2v) is 5.05. The van der Waals surface area contributed by atoms with Gasteiger partial charge in [-0.3, -0.25) is 0 Å². The summed E-state index contributed by atoms with van der Waals surface area (Å²) in [5.74, 6) is 0.677. The lowest BCUT2D eigenvalue weighted by Crippen LogP contribution is -2.38. The monoisotopic (exact) mass is 323 g/mol. The van der Waals surface area contributed by atoms with Crippen LogP contribution in [-0.4, -0.2) is 38.0 Å². The summed E-state index contributed by atoms with van der Waals surface area (Å²) in [4.78, 5) is 11.4. The van der Waals surface area contributed by atoms with Crippen LogP contribution in [-0.2, 0) is 11.2 Å². The molecule has 0 unspecified atom stereocenters. The van der Waals surface area contributed by atoms with Crippen LogP contribution in [0.5, 0.6) is 0 Å². The molecule has 118 valence electrons. The number of ether oxygens (including phenoxy) is 1. The fraction of sp³-hybridized carbons (Fsp3) is 0.333. The van der Waals surface area contributed by atoms with Crippen LogP contribution in [0.2, 0.25) is 5.02 Å². The van der Waals surface area contributed by atoms with E-state index in [2.05, 4.69) is 15.8 Å². The number of halogens is 1. The summed E-state index contributed by atoms with van der Waals surface area (Å²) in [6.07, 6.45) is 0.592. The molecule has 0 aliphatic heterocycles. The lowest BCUT2D eigenvalue weighted by molar-refractivity contribution is 0.196. The first-order valence-corrected chi connectivity index (χ1v) is 7.29. The Labute approximate surface area is 133 Å². The quantitative estimate of drug-likeness (QED) is 0.767. The molecular weight excluding hydrogens is 306 g/mol. The van der Waals surface area contributed by atoms with E-state index < -0.39 is 0 Å². The van der Waals surface area contributed by atoms with Gasteiger partial charge in [-0.1, -0.05) is 16.8 Å². The van der Waals surface area contributed by atoms with E-state index in [0.29, 0.717) is 36.9 Å². The van der Waals surface area contributed by atoms with Crippen LogP contribution >= 0.6 is 11.6 Å². The smallest absolute Gasteiger partial charge is 0.314 e. The zero-order valence-corrected chi connectivity index (χ0v) is 13.0. The number of benzene rings is 1. The predicted octanol–water partition coefficient (Wildman–Crippen LogP) is 2.48. The summed E-state index contributed by atoms with van der Waals surface area (Å²) in [6.45, 7) is 1.44. The summed E-state index contributed by atoms with van der Waals surface area (Å²) in [6, 6.07) is 8.96. The molecule has 1 aromatic heterocycles. The molecule has 2 rings (SSSR count). The third kappa shape index (κ3) is 5.05. The maximum atomic E-state index is 11.4. The Morgan fingerprint density at radius 3 is 2.73 bits per heavy atom. The maximum Gasteiger partial charge on any atom is 0.314 e. The standard InChI is InChI=1S/C15H18ClN3O3/c1-21-9-8-18-15(20)17-7-6-13-10-14(22-19-13)11-2-4-12(16)5-3-11/h2-5,10H,6-9H2,1H3,(H2,17,18,20). The molecule has 0 spiro atoms. The van der Waals surface area contributed by atoms with Gasteiger partial charge in [0.15, 0.2) is 5.76 Å². The van der Waals surface area contributed by atoms with Gasteiger partial charge in [0.2, 0.25) is 0 Å². The van der Waals surface area contributed by atoms with Crippen molar-refractivity contribution in [3.63, 3.8) is 0 Å². The number of hydrogen-bond donors (Lipinski definition) is 2. The highest BCUT2D eigenvalue weighted by atomic mass is 35.5. The summed E-state index contributed by atoms with van der Waals surface area (Å²) in [5, 5.41) is 10.1. The predicted molar refractivity (Wildman–Crippen MR) is 83.9 cm³/mol. The van der Waals surface area contributed by atoms with Crippen molar-refractivity contribution in [1.82, 2.24) is 15.8 Å². The van der Waals surface area contributed by atoms with Crippen LogP contribution in [0.3, 0.4) is 0 Å². The molecule has 0 saturated heterocycles. The number of urea groups is 1. The third-order valence-corrected chi connectivity index (χ3v) is 3.20. The Morgan fingerprint density at radius 1 is 1.27 bits per heavy atom. The molecule has 7 heteroatoms. The van der Waals surface area contributed by atoms with E-state index in [-0.39, 0.29) is 6.03 Å². The van der Waals surface area contributed by atoms with E-state index in [4.69, 9.17) is 20.9 Å². The van der Waals surface area contributed by atoms with E-state index >= 15 is 0 Å². The van der Waals surface area contributed by atoms with E-state index in [0.717, 1.165) is 11.3 Å². The van der Waals surface area contributed by atoms with Crippen LogP contribution in [0.25, 0.3) is 11.3 Å². The second kappa shape index (κ2) is 8.41. The first-order chi connectivity index (χ1) is 10.7. The lowest BCUT2D eigenvalue weighted by Gasteiger charge is -2.05. The summed E-state index contributed by atoms with van der Waals surface area (Å²) in [5.41, 5.74) is 1.69. The molecule has 0 radical (unpaired) electrons. The average molecular weight is 324 g/mol. The molecule has 22 heavy (non-hydrogen) atoms. The molecule has 1 aromatic carbocycles. The summed E-state index contributed by atoms with van der Waals surface area (Å²) in [7, 11) is 1.59. The molecule has 0 aliphatic rings. The number of carbonyl (C=O) groups is 1. The van der Waals surface area contributed by atoms with Crippen molar-refractivity contribution in [3.05, 3.63) is 41.0 Å². The van der Waals surface area contributed by atoms with Crippen molar-refractivity contribution in [3.8, 4) is 11.3 Å². The van der Waals surface area contributed by atoms with Crippen LogP contribution in [0, 0.1) is 0 Å². The fourth-order valence-corrected chi connectivity index (χ4v) is 1.94. The highest BCUT2D eigenvalue weighted by Gasteiger charge is 2.07. The molecule has 0 fully saturated rings. The molecule has 0 bridgehead atoms. The van der Waals surface area contributed by atoms with Gasteiger partial charge in [-0.25, -0.2) is 4.79 Å². The Hall–Kier alpha value is -2.05. The first-order valence-electron chi connectivity index (χ1n) is 6.91. The highest BCUT2D eigenvalue weighted by molar-refractivity contribution is 6.30. The molecule has 2 aromatic rings. The molecule has 1 heterocycles. The van der Waals surface area contributed by atoms with E-state index in [1.165, 1.54) is 0 Å². The minimum atomic E-state index is -0.224. The minimum Gasteiger partial charge on any atom is -0.383 e. The van der Waals surface area contributed by atoms with Crippen molar-refractivity contribution in [2.75, 3.05) is 26.8 Å². The largest absolute Gasteiger partial charge is 0.383 e. The van der Waals surface area contributed by atoms with Gasteiger partial charge in [0.25, 0.3) is 0 Å². The zero-order valence-electron chi connectivity index (χ0n) is 12.3. The molecule has 2 N–H and O–H groups in total. The van der Waals surface area contributed by atoms with Crippen molar-refractivity contribution in [1.29, 1.82) is 0 Å². The molecule has 0 aliphatic carbocycles. The van der Waals surface area contributed by atoms with Gasteiger partial charge in [-0.2, -0.15) is 0 Å². The number of rotatable bonds is 7. The molecule has 0 saturated carbocycles. The Kier molecular flexibility index (Phi) is 6.24. The molecule has 0 atom stereocenters. The van der Waals surface area contributed by atoms with Gasteiger partial charge in [0.1, 0.15) is 0 Å². The van der Waals surface area contributed by atoms with Crippen molar-refractivity contribution in [2.24, 2.45) is 0 Å². The number of amides is 2. The lowest BCUT2D eigenvalue weighted by atomic mass is 10.1. The number of hydrogen-bond acceptors (Lipinski definition) is 4. The first kappa shape index (κ1) is 16.3. The number of carbonyl (C=O) groups excluding carboxylic acids is 1. The number of aromatic nitrogens is 1. The molecular formula is C15H18ClN3O3. The third-order valence-electron chi connectivity index (χ3n) is 2.95. The van der Waals surface area contributed by atoms with Crippen molar-refractivity contribution in [2.45, 2.75) is 6.42 Å². The van der Waals surface area contributed by atoms with Gasteiger partial charge in [0.05, 0.1) is 12.3 Å². The van der Waals surface area contributed by atoms with Crippen LogP contribution < -0.4 is 10.6 Å². The zero-order chi connectivity index (χ0) is 15.8. The normalized spacial score (nSPS) is 10.5. The van der Waals surface area contributed by atoms with Gasteiger partial charge < -0.3 is 19.9 Å². The number of nitrogens with zero attached hydrogens (tertiary/aromatic N) is 1. The van der Waals surface area contributed by atoms with E-state index in [9.17, 15) is 4.79 Å². The minimum absolute atomic E-state index is 0.224. The van der Waals surface area contributed by atoms with Gasteiger partial charge in [-0.05, 0) is 24.3 Å². The van der Waals surface area contributed by atoms with Crippen molar-refractivity contribution >= 4 is 17.6 Å². The van der Waals surface area contributed by atoms with Crippen LogP contribution in [0.4, 0.5) is 4.79 Å². The van der Waals surface area contributed by atoms with Gasteiger partial charge in [-0.15, -0.1) is 0 Å².